The molecule has 2 saturated carbocycles. The zero-order chi connectivity index (χ0) is 58.1. The largest absolute Gasteiger partial charge is 1.00 e. The minimum absolute atomic E-state index is 0. The van der Waals surface area contributed by atoms with E-state index in [1.807, 2.05) is 72.8 Å². The number of benzene rings is 6. The van der Waals surface area contributed by atoms with Crippen molar-refractivity contribution < 1.29 is 72.4 Å². The fraction of sp³-hybridized carbons (Fsp3) is 0.451. The molecular weight excluding hydrogens is 1090 g/mol. The average molecular weight is 1170 g/mol. The monoisotopic (exact) mass is 1170 g/mol. The zero-order valence-corrected chi connectivity index (χ0v) is 51.7. The van der Waals surface area contributed by atoms with E-state index in [0.29, 0.717) is 68.2 Å². The molecule has 10 bridgehead atoms. The second kappa shape index (κ2) is 23.8. The number of guanidine groups is 1. The van der Waals surface area contributed by atoms with Crippen LogP contribution in [0, 0.1) is 46.8 Å². The molecule has 1 spiro atoms. The first kappa shape index (κ1) is 59.7. The molecule has 4 aliphatic carbocycles. The number of fused-ring (bicyclic) bond motifs is 10. The van der Waals surface area contributed by atoms with Crippen LogP contribution in [0.2, 0.25) is 0 Å². The number of phenolic OH excluding ortho intramolecular Hbond substituents is 2. The molecule has 438 valence electrons. The number of aryl methyl sites for hydroxylation is 1. The molecule has 5 heterocycles. The summed E-state index contributed by atoms with van der Waals surface area (Å²) in [4.78, 5) is 5.24. The first-order chi connectivity index (χ1) is 40.4. The summed E-state index contributed by atoms with van der Waals surface area (Å²) >= 11 is 0. The van der Waals surface area contributed by atoms with Gasteiger partial charge in [-0.2, -0.15) is 0 Å². The molecular formula is C71H78N3NaO9S. The van der Waals surface area contributed by atoms with Crippen LogP contribution in [-0.4, -0.2) is 62.9 Å². The van der Waals surface area contributed by atoms with E-state index >= 15 is 0 Å². The average Bonchev–Trinajstić information content (AvgIpc) is 2.15. The van der Waals surface area contributed by atoms with Crippen molar-refractivity contribution in [3.8, 4) is 29.1 Å². The van der Waals surface area contributed by atoms with Gasteiger partial charge in [0.15, 0.2) is 5.96 Å². The van der Waals surface area contributed by atoms with E-state index < -0.39 is 50.6 Å². The van der Waals surface area contributed by atoms with Gasteiger partial charge in [0.1, 0.15) is 23.4 Å². The summed E-state index contributed by atoms with van der Waals surface area (Å²) in [5, 5.41) is 46.9. The zero-order valence-electron chi connectivity index (χ0n) is 48.9. The van der Waals surface area contributed by atoms with Crippen molar-refractivity contribution in [2.75, 3.05) is 6.61 Å². The van der Waals surface area contributed by atoms with Crippen LogP contribution in [0.15, 0.2) is 144 Å². The smallest absolute Gasteiger partial charge is 0.748 e. The molecule has 13 atom stereocenters. The van der Waals surface area contributed by atoms with Gasteiger partial charge < -0.3 is 45.9 Å². The van der Waals surface area contributed by atoms with Gasteiger partial charge in [-0.3, -0.25) is 0 Å². The molecule has 6 aromatic carbocycles. The standard InChI is InChI=1S/C71H79N3O9S.Na/c1-43-12-13-50-34-59-23-25-61(50)63(43)37-65(84(79,80)81)64-36-53-31-52(35-60-29-45(41-75)10-7-11-49-32-58(77)22-24-62(49)67(53)82-60)66(64)47-16-19-55(20-17-47)71(83-59,74-68(72)73)40-56(28-44-8-3-2-4-9-44)70(78)39-54(38-69(42-70)26-5-6-27-69)48-15-14-46-18-21-57(76)33-51(46)30-48;/h2-4,8-9,14-25,30,32-34,36,43,45,52,54,56,60,63-67,75-78H,5-6,10,12-13,26-29,31,35,37-42H2,1H3,(H4,72,73,74)(H,79,80,81);/q;+1/p-1. The van der Waals surface area contributed by atoms with Crippen molar-refractivity contribution in [2.24, 2.45) is 51.5 Å². The molecule has 13 unspecified atom stereocenters. The van der Waals surface area contributed by atoms with Crippen LogP contribution in [0.5, 0.6) is 17.2 Å². The van der Waals surface area contributed by atoms with Gasteiger partial charge in [0, 0.05) is 36.1 Å². The molecule has 0 radical (unpaired) electrons. The number of aliphatic hydroxyl groups is 2. The summed E-state index contributed by atoms with van der Waals surface area (Å²) in [5.41, 5.74) is 18.4. The maximum atomic E-state index is 14.4. The van der Waals surface area contributed by atoms with E-state index in [1.165, 1.54) is 0 Å². The minimum atomic E-state index is -4.96. The fourth-order valence-electron chi connectivity index (χ4n) is 17.3. The predicted molar refractivity (Wildman–Crippen MR) is 325 cm³/mol. The molecule has 15 rings (SSSR count). The second-order valence-electron chi connectivity index (χ2n) is 26.5. The number of hydrogen-bond acceptors (Lipinski definition) is 10. The Kier molecular flexibility index (Phi) is 16.7. The van der Waals surface area contributed by atoms with Gasteiger partial charge >= 0.3 is 29.6 Å². The first-order valence-electron chi connectivity index (χ1n) is 30.7. The number of allylic oxidation sites excluding steroid dienone is 1. The SMILES string of the molecule is CC1CCc2cc3ccc2C1CC(S(=O)(=O)[O-])C1C=C2CC(CC4CC(CO)CC#Cc5cc(O)ccc5C2O4)C1c1ccc(cc1)C(CC(Cc1ccccc1)C1(O)CC(c2ccc4ccc(O)cc4c2)CC2(CCCC2)C1)(N=C(N)N)O3.[Na+]. The van der Waals surface area contributed by atoms with Crippen LogP contribution < -0.4 is 45.8 Å². The van der Waals surface area contributed by atoms with Crippen LogP contribution in [0.25, 0.3) is 10.8 Å². The summed E-state index contributed by atoms with van der Waals surface area (Å²) in [6, 6.07) is 41.6. The minimum Gasteiger partial charge on any atom is -0.748 e. The number of phenols is 2. The number of ether oxygens (including phenoxy) is 2. The summed E-state index contributed by atoms with van der Waals surface area (Å²) in [5.74, 6) is 4.93. The topological polar surface area (TPSA) is 221 Å². The van der Waals surface area contributed by atoms with Gasteiger partial charge in [0.25, 0.3) is 0 Å². The number of aliphatic hydroxyl groups excluding tert-OH is 1. The van der Waals surface area contributed by atoms with E-state index in [0.717, 1.165) is 88.3 Å². The number of aromatic hydroxyl groups is 2. The molecule has 0 aromatic heterocycles. The Morgan fingerprint density at radius 3 is 2.35 bits per heavy atom. The predicted octanol–water partition coefficient (Wildman–Crippen LogP) is 9.18. The maximum Gasteiger partial charge on any atom is 1.00 e. The Morgan fingerprint density at radius 2 is 1.59 bits per heavy atom. The van der Waals surface area contributed by atoms with Gasteiger partial charge in [-0.15, -0.1) is 0 Å². The quantitative estimate of drug-likeness (QED) is 0.0200. The van der Waals surface area contributed by atoms with Crippen LogP contribution in [-0.2, 0) is 33.4 Å². The summed E-state index contributed by atoms with van der Waals surface area (Å²) < 4.78 is 58.0. The molecule has 85 heavy (non-hydrogen) atoms. The van der Waals surface area contributed by atoms with Crippen molar-refractivity contribution >= 4 is 26.9 Å². The molecule has 1 saturated heterocycles. The molecule has 14 heteroatoms. The van der Waals surface area contributed by atoms with Crippen molar-refractivity contribution in [1.29, 1.82) is 0 Å². The van der Waals surface area contributed by atoms with Crippen molar-refractivity contribution in [3.63, 3.8) is 0 Å². The fourth-order valence-corrected chi connectivity index (χ4v) is 18.3. The summed E-state index contributed by atoms with van der Waals surface area (Å²) in [6.07, 6.45) is 11.7. The molecule has 12 nitrogen and oxygen atoms in total. The van der Waals surface area contributed by atoms with E-state index in [9.17, 15) is 33.4 Å². The summed E-state index contributed by atoms with van der Waals surface area (Å²) in [6.45, 7) is 2.07. The van der Waals surface area contributed by atoms with E-state index in [1.54, 1.807) is 18.2 Å². The molecule has 3 fully saturated rings. The van der Waals surface area contributed by atoms with E-state index in [2.05, 4.69) is 61.2 Å². The Bertz CT molecular complexity index is 3700. The first-order valence-corrected chi connectivity index (χ1v) is 32.2. The van der Waals surface area contributed by atoms with Gasteiger partial charge in [-0.1, -0.05) is 129 Å². The van der Waals surface area contributed by atoms with Crippen LogP contribution >= 0.6 is 0 Å². The Morgan fingerprint density at radius 1 is 0.847 bits per heavy atom. The Balaban J connectivity index is 0.00000709. The second-order valence-corrected chi connectivity index (χ2v) is 28.1. The normalized spacial score (nSPS) is 30.5. The third kappa shape index (κ3) is 12.0. The number of rotatable bonds is 9. The van der Waals surface area contributed by atoms with Gasteiger partial charge in [-0.25, -0.2) is 13.4 Å². The van der Waals surface area contributed by atoms with E-state index in [4.69, 9.17) is 25.9 Å². The third-order valence-electron chi connectivity index (χ3n) is 21.1. The van der Waals surface area contributed by atoms with Crippen LogP contribution in [0.3, 0.4) is 0 Å². The van der Waals surface area contributed by atoms with E-state index in [-0.39, 0.29) is 108 Å². The van der Waals surface area contributed by atoms with Gasteiger partial charge in [0.2, 0.25) is 5.72 Å². The van der Waals surface area contributed by atoms with Crippen molar-refractivity contribution in [1.82, 2.24) is 0 Å². The van der Waals surface area contributed by atoms with Gasteiger partial charge in [0.05, 0.1) is 27.1 Å². The van der Waals surface area contributed by atoms with Crippen LogP contribution in [0.4, 0.5) is 0 Å². The van der Waals surface area contributed by atoms with Crippen LogP contribution in [0.1, 0.15) is 165 Å². The third-order valence-corrected chi connectivity index (χ3v) is 22.3. The molecule has 0 amide bonds. The van der Waals surface area contributed by atoms with Crippen molar-refractivity contribution in [3.05, 3.63) is 184 Å². The molecule has 9 aliphatic rings. The Hall–Kier alpha value is -5.66. The number of nitrogens with zero attached hydrogens (tertiary/aromatic N) is 1. The van der Waals surface area contributed by atoms with Gasteiger partial charge in [-0.05, 0) is 210 Å². The summed E-state index contributed by atoms with van der Waals surface area (Å²) in [7, 11) is -4.96. The molecule has 5 aliphatic heterocycles. The number of aliphatic imine (C=N–C) groups is 1. The number of nitrogens with two attached hydrogens (primary N) is 2. The van der Waals surface area contributed by atoms with Crippen molar-refractivity contribution in [2.45, 2.75) is 156 Å². The maximum absolute atomic E-state index is 14.4. The Labute approximate surface area is 522 Å². The molecule has 8 N–H and O–H groups in total. The number of hydrogen-bond donors (Lipinski definition) is 6. The molecule has 6 aromatic rings.